The number of hydrogen-bond acceptors (Lipinski definition) is 3. The zero-order valence-electron chi connectivity index (χ0n) is 10.4. The molecule has 0 aliphatic heterocycles. The van der Waals surface area contributed by atoms with Gasteiger partial charge in [0.2, 0.25) is 0 Å². The molecule has 0 atom stereocenters. The number of allylic oxidation sites excluding steroid dienone is 1. The smallest absolute Gasteiger partial charge is 0.145 e. The number of rotatable bonds is 2. The van der Waals surface area contributed by atoms with Crippen LogP contribution in [0.3, 0.4) is 0 Å². The standard InChI is InChI=1S/C15H9FN4/c16-12-7-5-11(6-8-12)9-13(10-17)20-15-4-2-1-3-14(15)18-19-20/h1-9H/b13-9+. The Morgan fingerprint density at radius 1 is 1.15 bits per heavy atom. The van der Waals surface area contributed by atoms with Gasteiger partial charge in [-0.05, 0) is 35.9 Å². The van der Waals surface area contributed by atoms with E-state index in [1.807, 2.05) is 24.3 Å². The number of para-hydroxylation sites is 1. The van der Waals surface area contributed by atoms with E-state index in [-0.39, 0.29) is 5.82 Å². The normalized spacial score (nSPS) is 11.5. The number of halogens is 1. The minimum Gasteiger partial charge on any atom is -0.207 e. The molecule has 2 aromatic carbocycles. The van der Waals surface area contributed by atoms with Crippen LogP contribution in [0.1, 0.15) is 5.56 Å². The molecule has 0 fully saturated rings. The average Bonchev–Trinajstić information content (AvgIpc) is 2.91. The van der Waals surface area contributed by atoms with Gasteiger partial charge in [-0.25, -0.2) is 9.07 Å². The lowest BCUT2D eigenvalue weighted by molar-refractivity contribution is 0.628. The molecular formula is C15H9FN4. The molecule has 0 aliphatic rings. The second kappa shape index (κ2) is 4.94. The SMILES string of the molecule is N#C/C(=C\c1ccc(F)cc1)n1nnc2ccccc21. The van der Waals surface area contributed by atoms with Crippen LogP contribution in [0, 0.1) is 17.1 Å². The number of nitrogens with zero attached hydrogens (tertiary/aromatic N) is 4. The molecule has 0 N–H and O–H groups in total. The zero-order valence-corrected chi connectivity index (χ0v) is 10.4. The molecule has 4 nitrogen and oxygen atoms in total. The maximum atomic E-state index is 12.9. The summed E-state index contributed by atoms with van der Waals surface area (Å²) in [6.45, 7) is 0. The van der Waals surface area contributed by atoms with Crippen molar-refractivity contribution >= 4 is 22.8 Å². The van der Waals surface area contributed by atoms with Gasteiger partial charge in [-0.1, -0.05) is 29.5 Å². The van der Waals surface area contributed by atoms with Crippen molar-refractivity contribution in [2.24, 2.45) is 0 Å². The van der Waals surface area contributed by atoms with Gasteiger partial charge in [0.25, 0.3) is 0 Å². The van der Waals surface area contributed by atoms with E-state index in [1.54, 1.807) is 18.2 Å². The average molecular weight is 264 g/mol. The highest BCUT2D eigenvalue weighted by Gasteiger charge is 2.07. The molecule has 0 saturated heterocycles. The Hall–Kier alpha value is -3.00. The van der Waals surface area contributed by atoms with Gasteiger partial charge < -0.3 is 0 Å². The lowest BCUT2D eigenvalue weighted by Gasteiger charge is -2.00. The highest BCUT2D eigenvalue weighted by atomic mass is 19.1. The van der Waals surface area contributed by atoms with Crippen molar-refractivity contribution in [1.29, 1.82) is 5.26 Å². The van der Waals surface area contributed by atoms with Gasteiger partial charge in [-0.15, -0.1) is 5.10 Å². The van der Waals surface area contributed by atoms with Crippen LogP contribution in [0.4, 0.5) is 4.39 Å². The zero-order chi connectivity index (χ0) is 13.9. The number of nitriles is 1. The number of fused-ring (bicyclic) bond motifs is 1. The van der Waals surface area contributed by atoms with Crippen LogP contribution in [-0.4, -0.2) is 15.0 Å². The first kappa shape index (κ1) is 12.1. The first-order chi connectivity index (χ1) is 9.78. The van der Waals surface area contributed by atoms with E-state index < -0.39 is 0 Å². The van der Waals surface area contributed by atoms with Crippen LogP contribution >= 0.6 is 0 Å². The predicted molar refractivity (Wildman–Crippen MR) is 73.7 cm³/mol. The highest BCUT2D eigenvalue weighted by Crippen LogP contribution is 2.17. The molecule has 0 bridgehead atoms. The monoisotopic (exact) mass is 264 g/mol. The van der Waals surface area contributed by atoms with Crippen molar-refractivity contribution in [3.8, 4) is 6.07 Å². The molecule has 0 saturated carbocycles. The van der Waals surface area contributed by atoms with E-state index in [0.717, 1.165) is 11.1 Å². The summed E-state index contributed by atoms with van der Waals surface area (Å²) >= 11 is 0. The number of benzene rings is 2. The highest BCUT2D eigenvalue weighted by molar-refractivity contribution is 5.86. The van der Waals surface area contributed by atoms with E-state index >= 15 is 0 Å². The molecule has 0 amide bonds. The molecule has 3 aromatic rings. The van der Waals surface area contributed by atoms with Crippen molar-refractivity contribution in [2.45, 2.75) is 0 Å². The molecule has 1 aromatic heterocycles. The number of hydrogen-bond donors (Lipinski definition) is 0. The molecular weight excluding hydrogens is 255 g/mol. The Morgan fingerprint density at radius 3 is 2.65 bits per heavy atom. The van der Waals surface area contributed by atoms with E-state index in [0.29, 0.717) is 11.2 Å². The van der Waals surface area contributed by atoms with Crippen LogP contribution in [0.15, 0.2) is 48.5 Å². The Kier molecular flexibility index (Phi) is 2.98. The van der Waals surface area contributed by atoms with Gasteiger partial charge in [-0.2, -0.15) is 5.26 Å². The molecule has 0 radical (unpaired) electrons. The summed E-state index contributed by atoms with van der Waals surface area (Å²) < 4.78 is 14.3. The third kappa shape index (κ3) is 2.15. The third-order valence-electron chi connectivity index (χ3n) is 2.87. The second-order valence-corrected chi connectivity index (χ2v) is 4.18. The van der Waals surface area contributed by atoms with E-state index in [1.165, 1.54) is 16.8 Å². The van der Waals surface area contributed by atoms with E-state index in [2.05, 4.69) is 16.4 Å². The second-order valence-electron chi connectivity index (χ2n) is 4.18. The summed E-state index contributed by atoms with van der Waals surface area (Å²) in [7, 11) is 0. The Morgan fingerprint density at radius 2 is 1.90 bits per heavy atom. The molecule has 0 spiro atoms. The third-order valence-corrected chi connectivity index (χ3v) is 2.87. The van der Waals surface area contributed by atoms with Crippen LogP contribution in [0.25, 0.3) is 22.8 Å². The Bertz CT molecular complexity index is 825. The van der Waals surface area contributed by atoms with Crippen molar-refractivity contribution in [2.75, 3.05) is 0 Å². The first-order valence-electron chi connectivity index (χ1n) is 5.96. The maximum Gasteiger partial charge on any atom is 0.145 e. The van der Waals surface area contributed by atoms with Gasteiger partial charge in [0.15, 0.2) is 0 Å². The maximum absolute atomic E-state index is 12.9. The van der Waals surface area contributed by atoms with Gasteiger partial charge in [0.1, 0.15) is 23.1 Å². The predicted octanol–water partition coefficient (Wildman–Crippen LogP) is 3.09. The molecule has 3 rings (SSSR count). The van der Waals surface area contributed by atoms with Gasteiger partial charge in [0.05, 0.1) is 5.52 Å². The van der Waals surface area contributed by atoms with Crippen LogP contribution in [0.2, 0.25) is 0 Å². The van der Waals surface area contributed by atoms with Gasteiger partial charge in [-0.3, -0.25) is 0 Å². The van der Waals surface area contributed by atoms with Crippen LogP contribution < -0.4 is 0 Å². The fourth-order valence-electron chi connectivity index (χ4n) is 1.90. The molecule has 1 heterocycles. The minimum atomic E-state index is -0.313. The van der Waals surface area contributed by atoms with Gasteiger partial charge in [0, 0.05) is 0 Å². The van der Waals surface area contributed by atoms with Crippen molar-refractivity contribution in [3.63, 3.8) is 0 Å². The summed E-state index contributed by atoms with van der Waals surface area (Å²) in [5, 5.41) is 17.3. The molecule has 5 heteroatoms. The molecule has 0 aliphatic carbocycles. The minimum absolute atomic E-state index is 0.313. The van der Waals surface area contributed by atoms with Crippen molar-refractivity contribution in [1.82, 2.24) is 15.0 Å². The largest absolute Gasteiger partial charge is 0.207 e. The van der Waals surface area contributed by atoms with Crippen LogP contribution in [-0.2, 0) is 0 Å². The summed E-state index contributed by atoms with van der Waals surface area (Å²) in [4.78, 5) is 0. The summed E-state index contributed by atoms with van der Waals surface area (Å²) in [5.41, 5.74) is 2.52. The van der Waals surface area contributed by atoms with Gasteiger partial charge >= 0.3 is 0 Å². The topological polar surface area (TPSA) is 54.5 Å². The summed E-state index contributed by atoms with van der Waals surface area (Å²) in [5.74, 6) is -0.313. The summed E-state index contributed by atoms with van der Waals surface area (Å²) in [6, 6.07) is 15.4. The lowest BCUT2D eigenvalue weighted by Crippen LogP contribution is -1.97. The fourth-order valence-corrected chi connectivity index (χ4v) is 1.90. The van der Waals surface area contributed by atoms with Crippen molar-refractivity contribution < 1.29 is 4.39 Å². The van der Waals surface area contributed by atoms with E-state index in [9.17, 15) is 9.65 Å². The molecule has 20 heavy (non-hydrogen) atoms. The van der Waals surface area contributed by atoms with Crippen molar-refractivity contribution in [3.05, 3.63) is 59.9 Å². The molecule has 96 valence electrons. The number of aromatic nitrogens is 3. The molecule has 0 unspecified atom stereocenters. The van der Waals surface area contributed by atoms with Crippen LogP contribution in [0.5, 0.6) is 0 Å². The quantitative estimate of drug-likeness (QED) is 0.668. The van der Waals surface area contributed by atoms with E-state index in [4.69, 9.17) is 0 Å². The Labute approximate surface area is 114 Å². The lowest BCUT2D eigenvalue weighted by atomic mass is 10.2. The Balaban J connectivity index is 2.10. The summed E-state index contributed by atoms with van der Waals surface area (Å²) in [6.07, 6.45) is 1.64. The fraction of sp³-hybridized carbons (Fsp3) is 0. The first-order valence-corrected chi connectivity index (χ1v) is 5.96.